The molecule has 1 aromatic carbocycles. The topological polar surface area (TPSA) is 21.1 Å². The van der Waals surface area contributed by atoms with E-state index in [0.29, 0.717) is 17.6 Å². The second kappa shape index (κ2) is 5.58. The number of hydrogen-bond acceptors (Lipinski definition) is 2. The van der Waals surface area contributed by atoms with Gasteiger partial charge < -0.3 is 4.57 Å². The van der Waals surface area contributed by atoms with Crippen LogP contribution in [0.3, 0.4) is 0 Å². The maximum absolute atomic E-state index is 13.9. The molecule has 0 aliphatic heterocycles. The SMILES string of the molecule is CC(Cl)c1nc2c(F)cccc2n1CC(C)N(C)C1CC1. The van der Waals surface area contributed by atoms with Crippen LogP contribution in [0.1, 0.15) is 37.9 Å². The molecule has 1 aromatic heterocycles. The summed E-state index contributed by atoms with van der Waals surface area (Å²) in [7, 11) is 2.16. The number of likely N-dealkylation sites (N-methyl/N-ethyl adjacent to an activating group) is 1. The van der Waals surface area contributed by atoms with E-state index in [1.807, 2.05) is 13.0 Å². The molecular weight excluding hydrogens is 289 g/mol. The molecule has 1 fully saturated rings. The zero-order valence-electron chi connectivity index (χ0n) is 12.7. The van der Waals surface area contributed by atoms with Crippen LogP contribution in [0, 0.1) is 5.82 Å². The molecule has 0 amide bonds. The Bertz CT molecular complexity index is 648. The molecule has 1 saturated carbocycles. The van der Waals surface area contributed by atoms with Gasteiger partial charge in [0.05, 0.1) is 10.9 Å². The van der Waals surface area contributed by atoms with E-state index in [0.717, 1.165) is 17.9 Å². The standard InChI is InChI=1S/C16H21ClFN3/c1-10(20(3)12-7-8-12)9-21-14-6-4-5-13(18)15(14)19-16(21)11(2)17/h4-6,10-12H,7-9H2,1-3H3. The molecule has 1 aliphatic rings. The summed E-state index contributed by atoms with van der Waals surface area (Å²) in [5.41, 5.74) is 1.25. The fraction of sp³-hybridized carbons (Fsp3) is 0.562. The van der Waals surface area contributed by atoms with E-state index < -0.39 is 0 Å². The fourth-order valence-electron chi connectivity index (χ4n) is 2.86. The van der Waals surface area contributed by atoms with Crippen molar-refractivity contribution in [3.63, 3.8) is 0 Å². The summed E-state index contributed by atoms with van der Waals surface area (Å²) >= 11 is 6.25. The number of alkyl halides is 1. The number of benzene rings is 1. The average Bonchev–Trinajstić information content (AvgIpc) is 3.21. The van der Waals surface area contributed by atoms with Crippen LogP contribution in [0.4, 0.5) is 4.39 Å². The normalized spacial score (nSPS) is 18.4. The Balaban J connectivity index is 1.99. The van der Waals surface area contributed by atoms with Crippen LogP contribution >= 0.6 is 11.6 Å². The van der Waals surface area contributed by atoms with Crippen molar-refractivity contribution in [1.82, 2.24) is 14.5 Å². The number of imidazole rings is 1. The molecule has 0 radical (unpaired) electrons. The minimum absolute atomic E-state index is 0.241. The number of aromatic nitrogens is 2. The maximum Gasteiger partial charge on any atom is 0.151 e. The second-order valence-corrected chi connectivity index (χ2v) is 6.70. The number of rotatable bonds is 5. The Labute approximate surface area is 129 Å². The van der Waals surface area contributed by atoms with E-state index in [-0.39, 0.29) is 11.2 Å². The van der Waals surface area contributed by atoms with Gasteiger partial charge in [0.15, 0.2) is 5.82 Å². The second-order valence-electron chi connectivity index (χ2n) is 6.05. The lowest BCUT2D eigenvalue weighted by atomic mass is 10.2. The molecule has 0 N–H and O–H groups in total. The van der Waals surface area contributed by atoms with Gasteiger partial charge in [-0.3, -0.25) is 4.90 Å². The molecule has 1 heterocycles. The van der Waals surface area contributed by atoms with Crippen molar-refractivity contribution < 1.29 is 4.39 Å². The van der Waals surface area contributed by atoms with Gasteiger partial charge in [-0.2, -0.15) is 0 Å². The van der Waals surface area contributed by atoms with Gasteiger partial charge >= 0.3 is 0 Å². The van der Waals surface area contributed by atoms with Crippen LogP contribution in [-0.4, -0.2) is 33.6 Å². The Morgan fingerprint density at radius 2 is 2.14 bits per heavy atom. The zero-order chi connectivity index (χ0) is 15.1. The highest BCUT2D eigenvalue weighted by atomic mass is 35.5. The number of fused-ring (bicyclic) bond motifs is 1. The lowest BCUT2D eigenvalue weighted by molar-refractivity contribution is 0.226. The molecule has 0 spiro atoms. The molecule has 0 bridgehead atoms. The van der Waals surface area contributed by atoms with E-state index in [4.69, 9.17) is 11.6 Å². The number of halogens is 2. The fourth-order valence-corrected chi connectivity index (χ4v) is 3.03. The third-order valence-corrected chi connectivity index (χ3v) is 4.58. The van der Waals surface area contributed by atoms with Crippen molar-refractivity contribution >= 4 is 22.6 Å². The Kier molecular flexibility index (Phi) is 3.93. The first-order valence-corrected chi connectivity index (χ1v) is 7.93. The van der Waals surface area contributed by atoms with Gasteiger partial charge in [0.2, 0.25) is 0 Å². The molecule has 2 unspecified atom stereocenters. The number of para-hydroxylation sites is 1. The first-order valence-electron chi connectivity index (χ1n) is 7.49. The predicted octanol–water partition coefficient (Wildman–Crippen LogP) is 3.96. The first-order chi connectivity index (χ1) is 9.99. The van der Waals surface area contributed by atoms with E-state index in [1.165, 1.54) is 18.9 Å². The molecule has 3 nitrogen and oxygen atoms in total. The van der Waals surface area contributed by atoms with Gasteiger partial charge in [-0.05, 0) is 45.9 Å². The summed E-state index contributed by atoms with van der Waals surface area (Å²) < 4.78 is 16.0. The molecule has 1 aliphatic carbocycles. The smallest absolute Gasteiger partial charge is 0.151 e. The van der Waals surface area contributed by atoms with Gasteiger partial charge in [-0.25, -0.2) is 9.37 Å². The van der Waals surface area contributed by atoms with Crippen LogP contribution < -0.4 is 0 Å². The van der Waals surface area contributed by atoms with Crippen molar-refractivity contribution in [3.05, 3.63) is 29.8 Å². The van der Waals surface area contributed by atoms with Crippen LogP contribution in [0.25, 0.3) is 11.0 Å². The number of nitrogens with zero attached hydrogens (tertiary/aromatic N) is 3. The highest BCUT2D eigenvalue weighted by molar-refractivity contribution is 6.20. The summed E-state index contributed by atoms with van der Waals surface area (Å²) in [6.07, 6.45) is 2.55. The Hall–Kier alpha value is -1.13. The van der Waals surface area contributed by atoms with E-state index in [9.17, 15) is 4.39 Å². The molecular formula is C16H21ClFN3. The van der Waals surface area contributed by atoms with Crippen molar-refractivity contribution in [2.45, 2.75) is 50.7 Å². The summed E-state index contributed by atoms with van der Waals surface area (Å²) in [5.74, 6) is 0.459. The van der Waals surface area contributed by atoms with E-state index in [1.54, 1.807) is 6.07 Å². The van der Waals surface area contributed by atoms with Gasteiger partial charge in [0.25, 0.3) is 0 Å². The van der Waals surface area contributed by atoms with E-state index >= 15 is 0 Å². The molecule has 2 aromatic rings. The Morgan fingerprint density at radius 3 is 2.76 bits per heavy atom. The zero-order valence-corrected chi connectivity index (χ0v) is 13.4. The van der Waals surface area contributed by atoms with Crippen molar-refractivity contribution in [2.75, 3.05) is 7.05 Å². The highest BCUT2D eigenvalue weighted by Crippen LogP contribution is 2.30. The lowest BCUT2D eigenvalue weighted by Gasteiger charge is -2.26. The minimum Gasteiger partial charge on any atom is -0.325 e. The molecule has 0 saturated heterocycles. The summed E-state index contributed by atoms with van der Waals surface area (Å²) in [4.78, 5) is 6.82. The third-order valence-electron chi connectivity index (χ3n) is 4.38. The predicted molar refractivity (Wildman–Crippen MR) is 84.2 cm³/mol. The largest absolute Gasteiger partial charge is 0.325 e. The maximum atomic E-state index is 13.9. The summed E-state index contributed by atoms with van der Waals surface area (Å²) in [5, 5.41) is -0.241. The van der Waals surface area contributed by atoms with Gasteiger partial charge in [0.1, 0.15) is 11.3 Å². The molecule has 2 atom stereocenters. The molecule has 114 valence electrons. The first kappa shape index (κ1) is 14.8. The molecule has 3 rings (SSSR count). The van der Waals surface area contributed by atoms with Crippen LogP contribution in [0.15, 0.2) is 18.2 Å². The number of hydrogen-bond donors (Lipinski definition) is 0. The van der Waals surface area contributed by atoms with E-state index in [2.05, 4.69) is 28.4 Å². The summed E-state index contributed by atoms with van der Waals surface area (Å²) in [6.45, 7) is 4.86. The molecule has 5 heteroatoms. The van der Waals surface area contributed by atoms with Crippen molar-refractivity contribution in [1.29, 1.82) is 0 Å². The minimum atomic E-state index is -0.284. The Morgan fingerprint density at radius 1 is 1.43 bits per heavy atom. The van der Waals surface area contributed by atoms with Gasteiger partial charge in [-0.1, -0.05) is 6.07 Å². The van der Waals surface area contributed by atoms with Crippen LogP contribution in [0.2, 0.25) is 0 Å². The lowest BCUT2D eigenvalue weighted by Crippen LogP contribution is -2.34. The van der Waals surface area contributed by atoms with Crippen LogP contribution in [-0.2, 0) is 6.54 Å². The summed E-state index contributed by atoms with van der Waals surface area (Å²) in [6, 6.07) is 6.16. The van der Waals surface area contributed by atoms with Crippen LogP contribution in [0.5, 0.6) is 0 Å². The quantitative estimate of drug-likeness (QED) is 0.780. The molecule has 21 heavy (non-hydrogen) atoms. The third kappa shape index (κ3) is 2.79. The van der Waals surface area contributed by atoms with Crippen molar-refractivity contribution in [3.8, 4) is 0 Å². The highest BCUT2D eigenvalue weighted by Gasteiger charge is 2.30. The average molecular weight is 310 g/mol. The monoisotopic (exact) mass is 309 g/mol. The van der Waals surface area contributed by atoms with Gasteiger partial charge in [0, 0.05) is 18.6 Å². The van der Waals surface area contributed by atoms with Gasteiger partial charge in [-0.15, -0.1) is 11.6 Å². The van der Waals surface area contributed by atoms with Crippen molar-refractivity contribution in [2.24, 2.45) is 0 Å².